The molecule has 24 heavy (non-hydrogen) atoms. The monoisotopic (exact) mass is 336 g/mol. The molecule has 0 spiro atoms. The standard InChI is InChI=1S/C21H21ClN2/c22-18-8-6-17(7-9-18)14-21(13-11-19(23)20(24)15-21)12-10-16-4-2-1-3-5-16/h1-12,15H,13-14,23-24H2. The summed E-state index contributed by atoms with van der Waals surface area (Å²) in [6, 6.07) is 18.2. The second-order valence-electron chi connectivity index (χ2n) is 6.24. The van der Waals surface area contributed by atoms with E-state index >= 15 is 0 Å². The molecule has 0 bridgehead atoms. The zero-order chi connectivity index (χ0) is 17.0. The SMILES string of the molecule is NC1=CCC(C=Cc2ccccc2)(Cc2ccc(Cl)cc2)C=C1N. The van der Waals surface area contributed by atoms with Crippen molar-refractivity contribution in [3.05, 3.63) is 100 Å². The van der Waals surface area contributed by atoms with Gasteiger partial charge in [0.2, 0.25) is 0 Å². The molecular formula is C21H21ClN2. The van der Waals surface area contributed by atoms with E-state index in [-0.39, 0.29) is 5.41 Å². The molecular weight excluding hydrogens is 316 g/mol. The highest BCUT2D eigenvalue weighted by molar-refractivity contribution is 6.30. The lowest BCUT2D eigenvalue weighted by Crippen LogP contribution is -2.26. The molecule has 3 rings (SSSR count). The Morgan fingerprint density at radius 2 is 1.67 bits per heavy atom. The molecule has 0 fully saturated rings. The van der Waals surface area contributed by atoms with Gasteiger partial charge in [0.25, 0.3) is 0 Å². The summed E-state index contributed by atoms with van der Waals surface area (Å²) in [4.78, 5) is 0. The molecule has 2 aromatic rings. The highest BCUT2D eigenvalue weighted by Crippen LogP contribution is 2.36. The maximum absolute atomic E-state index is 6.11. The van der Waals surface area contributed by atoms with Gasteiger partial charge in [-0.05, 0) is 42.2 Å². The van der Waals surface area contributed by atoms with E-state index in [2.05, 4.69) is 42.5 Å². The lowest BCUT2D eigenvalue weighted by molar-refractivity contribution is 0.486. The third kappa shape index (κ3) is 3.90. The number of allylic oxidation sites excluding steroid dienone is 3. The van der Waals surface area contributed by atoms with Crippen LogP contribution in [0.25, 0.3) is 6.08 Å². The van der Waals surface area contributed by atoms with Crippen molar-refractivity contribution in [3.63, 3.8) is 0 Å². The minimum atomic E-state index is -0.184. The quantitative estimate of drug-likeness (QED) is 0.852. The molecule has 0 aromatic heterocycles. The molecule has 0 saturated heterocycles. The number of benzene rings is 2. The fraction of sp³-hybridized carbons (Fsp3) is 0.143. The van der Waals surface area contributed by atoms with E-state index < -0.39 is 0 Å². The van der Waals surface area contributed by atoms with Crippen LogP contribution in [0.1, 0.15) is 17.5 Å². The summed E-state index contributed by atoms with van der Waals surface area (Å²) in [6.45, 7) is 0. The highest BCUT2D eigenvalue weighted by atomic mass is 35.5. The first-order valence-electron chi connectivity index (χ1n) is 7.99. The first kappa shape index (κ1) is 16.4. The maximum atomic E-state index is 6.11. The van der Waals surface area contributed by atoms with Crippen LogP contribution in [0.4, 0.5) is 0 Å². The van der Waals surface area contributed by atoms with Gasteiger partial charge in [0, 0.05) is 10.4 Å². The van der Waals surface area contributed by atoms with Crippen LogP contribution >= 0.6 is 11.6 Å². The number of rotatable bonds is 4. The second-order valence-corrected chi connectivity index (χ2v) is 6.68. The third-order valence-electron chi connectivity index (χ3n) is 4.33. The van der Waals surface area contributed by atoms with Crippen molar-refractivity contribution in [3.8, 4) is 0 Å². The molecule has 0 heterocycles. The van der Waals surface area contributed by atoms with Gasteiger partial charge in [-0.15, -0.1) is 0 Å². The molecule has 3 heteroatoms. The molecule has 0 saturated carbocycles. The molecule has 2 nitrogen and oxygen atoms in total. The van der Waals surface area contributed by atoms with Crippen molar-refractivity contribution in [1.29, 1.82) is 0 Å². The summed E-state index contributed by atoms with van der Waals surface area (Å²) < 4.78 is 0. The Bertz CT molecular complexity index is 788. The predicted octanol–water partition coefficient (Wildman–Crippen LogP) is 4.67. The fourth-order valence-corrected chi connectivity index (χ4v) is 3.10. The predicted molar refractivity (Wildman–Crippen MR) is 102 cm³/mol. The van der Waals surface area contributed by atoms with Gasteiger partial charge in [0.1, 0.15) is 0 Å². The number of halogens is 1. The van der Waals surface area contributed by atoms with E-state index in [9.17, 15) is 0 Å². The molecule has 122 valence electrons. The molecule has 1 aliphatic carbocycles. The summed E-state index contributed by atoms with van der Waals surface area (Å²) in [7, 11) is 0. The van der Waals surface area contributed by atoms with Crippen LogP contribution in [0.3, 0.4) is 0 Å². The first-order chi connectivity index (χ1) is 11.6. The molecule has 0 aliphatic heterocycles. The van der Waals surface area contributed by atoms with E-state index in [4.69, 9.17) is 23.1 Å². The van der Waals surface area contributed by atoms with Crippen molar-refractivity contribution in [1.82, 2.24) is 0 Å². The number of hydrogen-bond acceptors (Lipinski definition) is 2. The van der Waals surface area contributed by atoms with Gasteiger partial charge in [-0.1, -0.05) is 72.3 Å². The Kier molecular flexibility index (Phi) is 4.77. The third-order valence-corrected chi connectivity index (χ3v) is 4.58. The van der Waals surface area contributed by atoms with Gasteiger partial charge in [0.05, 0.1) is 11.4 Å². The Labute approximate surface area is 148 Å². The summed E-state index contributed by atoms with van der Waals surface area (Å²) in [5, 5.41) is 0.746. The molecule has 2 aromatic carbocycles. The molecule has 0 amide bonds. The lowest BCUT2D eigenvalue weighted by atomic mass is 9.75. The smallest absolute Gasteiger partial charge is 0.0512 e. The maximum Gasteiger partial charge on any atom is 0.0512 e. The van der Waals surface area contributed by atoms with Crippen molar-refractivity contribution in [2.24, 2.45) is 16.9 Å². The van der Waals surface area contributed by atoms with Gasteiger partial charge in [-0.25, -0.2) is 0 Å². The van der Waals surface area contributed by atoms with Gasteiger partial charge >= 0.3 is 0 Å². The highest BCUT2D eigenvalue weighted by Gasteiger charge is 2.28. The van der Waals surface area contributed by atoms with Gasteiger partial charge in [-0.3, -0.25) is 0 Å². The molecule has 4 N–H and O–H groups in total. The van der Waals surface area contributed by atoms with Crippen LogP contribution < -0.4 is 11.5 Å². The largest absolute Gasteiger partial charge is 0.397 e. The minimum Gasteiger partial charge on any atom is -0.397 e. The number of nitrogens with two attached hydrogens (primary N) is 2. The summed E-state index contributed by atoms with van der Waals surface area (Å²) in [5.74, 6) is 0. The Balaban J connectivity index is 1.92. The summed E-state index contributed by atoms with van der Waals surface area (Å²) in [6.07, 6.45) is 10.1. The van der Waals surface area contributed by atoms with Crippen LogP contribution in [-0.4, -0.2) is 0 Å². The second kappa shape index (κ2) is 6.98. The molecule has 1 atom stereocenters. The van der Waals surface area contributed by atoms with Gasteiger partial charge in [0.15, 0.2) is 0 Å². The molecule has 0 radical (unpaired) electrons. The first-order valence-corrected chi connectivity index (χ1v) is 8.37. The van der Waals surface area contributed by atoms with Crippen LogP contribution in [0.2, 0.25) is 5.02 Å². The Hall–Kier alpha value is -2.45. The average molecular weight is 337 g/mol. The van der Waals surface area contributed by atoms with E-state index in [1.807, 2.05) is 36.4 Å². The van der Waals surface area contributed by atoms with Gasteiger partial charge < -0.3 is 11.5 Å². The Morgan fingerprint density at radius 3 is 2.33 bits per heavy atom. The molecule has 1 aliphatic rings. The Morgan fingerprint density at radius 1 is 0.958 bits per heavy atom. The van der Waals surface area contributed by atoms with Crippen LogP contribution in [0, 0.1) is 5.41 Å². The van der Waals surface area contributed by atoms with Crippen LogP contribution in [0.5, 0.6) is 0 Å². The zero-order valence-electron chi connectivity index (χ0n) is 13.5. The average Bonchev–Trinajstić information content (AvgIpc) is 2.60. The number of hydrogen-bond donors (Lipinski definition) is 2. The summed E-state index contributed by atoms with van der Waals surface area (Å²) in [5.41, 5.74) is 15.6. The normalized spacial score (nSPS) is 20.7. The lowest BCUT2D eigenvalue weighted by Gasteiger charge is -2.30. The van der Waals surface area contributed by atoms with E-state index in [1.165, 1.54) is 11.1 Å². The van der Waals surface area contributed by atoms with E-state index in [0.717, 1.165) is 17.9 Å². The van der Waals surface area contributed by atoms with Crippen molar-refractivity contribution in [2.45, 2.75) is 12.8 Å². The van der Waals surface area contributed by atoms with Crippen LogP contribution in [0.15, 0.2) is 84.2 Å². The topological polar surface area (TPSA) is 52.0 Å². The molecule has 1 unspecified atom stereocenters. The van der Waals surface area contributed by atoms with Crippen LogP contribution in [-0.2, 0) is 6.42 Å². The fourth-order valence-electron chi connectivity index (χ4n) is 2.98. The van der Waals surface area contributed by atoms with E-state index in [0.29, 0.717) is 11.4 Å². The minimum absolute atomic E-state index is 0.184. The van der Waals surface area contributed by atoms with Gasteiger partial charge in [-0.2, -0.15) is 0 Å². The van der Waals surface area contributed by atoms with Crippen molar-refractivity contribution in [2.75, 3.05) is 0 Å². The van der Waals surface area contributed by atoms with Crippen molar-refractivity contribution >= 4 is 17.7 Å². The summed E-state index contributed by atoms with van der Waals surface area (Å²) >= 11 is 6.00. The van der Waals surface area contributed by atoms with Crippen molar-refractivity contribution < 1.29 is 0 Å². The van der Waals surface area contributed by atoms with E-state index in [1.54, 1.807) is 0 Å². The zero-order valence-corrected chi connectivity index (χ0v) is 14.2.